The van der Waals surface area contributed by atoms with Crippen LogP contribution >= 0.6 is 0 Å². The molecule has 0 spiro atoms. The predicted molar refractivity (Wildman–Crippen MR) is 131 cm³/mol. The standard InChI is InChI=1S/C25H32N8O/c1-17(2)21-15-29-33-23(21)30-25-31-24(33)28-14-20-10-18(11-26)6-7-22(20)34-9-5-3-4-8-32(25)16-19-12-27-13-19/h6-7,10,15,17,19,27H,3-5,8-9,12-14,16H2,1-2H3,(H,28,30,31). The second-order valence-corrected chi connectivity index (χ2v) is 9.50. The highest BCUT2D eigenvalue weighted by Gasteiger charge is 2.24. The number of anilines is 2. The summed E-state index contributed by atoms with van der Waals surface area (Å²) in [6.07, 6.45) is 5.00. The molecule has 2 aliphatic rings. The fourth-order valence-corrected chi connectivity index (χ4v) is 4.47. The third kappa shape index (κ3) is 4.64. The van der Waals surface area contributed by atoms with Gasteiger partial charge in [-0.15, -0.1) is 0 Å². The molecule has 3 aromatic rings. The van der Waals surface area contributed by atoms with E-state index in [1.807, 2.05) is 18.3 Å². The molecule has 9 nitrogen and oxygen atoms in total. The summed E-state index contributed by atoms with van der Waals surface area (Å²) in [7, 11) is 0. The molecule has 2 bridgehead atoms. The lowest BCUT2D eigenvalue weighted by atomic mass is 10.0. The van der Waals surface area contributed by atoms with Gasteiger partial charge in [0, 0.05) is 49.8 Å². The summed E-state index contributed by atoms with van der Waals surface area (Å²) in [5.41, 5.74) is 3.49. The number of nitrogens with zero attached hydrogens (tertiary/aromatic N) is 6. The van der Waals surface area contributed by atoms with E-state index in [1.165, 1.54) is 0 Å². The van der Waals surface area contributed by atoms with E-state index in [1.54, 1.807) is 10.6 Å². The Morgan fingerprint density at radius 2 is 2.09 bits per heavy atom. The summed E-state index contributed by atoms with van der Waals surface area (Å²) in [6.45, 7) is 9.39. The molecule has 9 heteroatoms. The van der Waals surface area contributed by atoms with E-state index in [0.29, 0.717) is 36.5 Å². The maximum absolute atomic E-state index is 9.39. The molecule has 0 amide bonds. The average Bonchev–Trinajstić information content (AvgIpc) is 3.25. The zero-order valence-electron chi connectivity index (χ0n) is 19.9. The van der Waals surface area contributed by atoms with Crippen molar-refractivity contribution < 1.29 is 4.74 Å². The molecular weight excluding hydrogens is 428 g/mol. The molecular formula is C25H32N8O. The summed E-state index contributed by atoms with van der Waals surface area (Å²) < 4.78 is 7.90. The van der Waals surface area contributed by atoms with Crippen molar-refractivity contribution in [3.05, 3.63) is 41.1 Å². The maximum atomic E-state index is 9.39. The number of rotatable bonds is 3. The molecule has 0 unspecified atom stereocenters. The smallest absolute Gasteiger partial charge is 0.230 e. The van der Waals surface area contributed by atoms with Gasteiger partial charge in [0.1, 0.15) is 5.75 Å². The van der Waals surface area contributed by atoms with Crippen LogP contribution in [-0.2, 0) is 6.54 Å². The first-order valence-electron chi connectivity index (χ1n) is 12.2. The first-order valence-corrected chi connectivity index (χ1v) is 12.2. The van der Waals surface area contributed by atoms with Crippen molar-refractivity contribution in [1.82, 2.24) is 24.9 Å². The van der Waals surface area contributed by atoms with E-state index in [2.05, 4.69) is 40.5 Å². The topological polar surface area (TPSA) is 103 Å². The van der Waals surface area contributed by atoms with Gasteiger partial charge in [0.25, 0.3) is 0 Å². The van der Waals surface area contributed by atoms with Crippen LogP contribution in [0.4, 0.5) is 11.9 Å². The van der Waals surface area contributed by atoms with Crippen LogP contribution < -0.4 is 20.3 Å². The molecule has 0 atom stereocenters. The van der Waals surface area contributed by atoms with Crippen LogP contribution in [0.3, 0.4) is 0 Å². The molecule has 1 saturated heterocycles. The average molecular weight is 461 g/mol. The van der Waals surface area contributed by atoms with Gasteiger partial charge >= 0.3 is 0 Å². The van der Waals surface area contributed by atoms with Crippen LogP contribution in [0, 0.1) is 17.2 Å². The Bertz CT molecular complexity index is 1190. The Hall–Kier alpha value is -3.38. The summed E-state index contributed by atoms with van der Waals surface area (Å²) in [5, 5.41) is 20.8. The summed E-state index contributed by atoms with van der Waals surface area (Å²) in [5.74, 6) is 3.12. The monoisotopic (exact) mass is 460 g/mol. The molecule has 5 rings (SSSR count). The molecule has 2 aliphatic heterocycles. The molecule has 4 heterocycles. The Morgan fingerprint density at radius 3 is 2.85 bits per heavy atom. The second-order valence-electron chi connectivity index (χ2n) is 9.50. The van der Waals surface area contributed by atoms with Crippen LogP contribution in [0.1, 0.15) is 55.7 Å². The largest absolute Gasteiger partial charge is 0.493 e. The molecule has 178 valence electrons. The highest BCUT2D eigenvalue weighted by molar-refractivity contribution is 5.56. The van der Waals surface area contributed by atoms with Gasteiger partial charge in [0.2, 0.25) is 11.9 Å². The Kier molecular flexibility index (Phi) is 6.50. The third-order valence-corrected chi connectivity index (χ3v) is 6.59. The molecule has 34 heavy (non-hydrogen) atoms. The fraction of sp³-hybridized carbons (Fsp3) is 0.520. The van der Waals surface area contributed by atoms with Gasteiger partial charge in [-0.25, -0.2) is 0 Å². The highest BCUT2D eigenvalue weighted by Crippen LogP contribution is 2.26. The van der Waals surface area contributed by atoms with E-state index in [0.717, 1.165) is 73.9 Å². The van der Waals surface area contributed by atoms with Crippen LogP contribution in [0.5, 0.6) is 5.75 Å². The van der Waals surface area contributed by atoms with Gasteiger partial charge < -0.3 is 20.3 Å². The molecule has 2 aromatic heterocycles. The number of nitrogens with one attached hydrogen (secondary N) is 2. The van der Waals surface area contributed by atoms with Gasteiger partial charge in [-0.2, -0.15) is 24.8 Å². The third-order valence-electron chi connectivity index (χ3n) is 6.59. The van der Waals surface area contributed by atoms with Crippen LogP contribution in [0.15, 0.2) is 24.4 Å². The van der Waals surface area contributed by atoms with Crippen molar-refractivity contribution in [2.75, 3.05) is 43.0 Å². The number of aromatic nitrogens is 4. The van der Waals surface area contributed by atoms with Gasteiger partial charge in [0.15, 0.2) is 5.65 Å². The van der Waals surface area contributed by atoms with Crippen molar-refractivity contribution in [2.45, 2.75) is 45.6 Å². The Labute approximate surface area is 200 Å². The molecule has 1 fully saturated rings. The number of ether oxygens (including phenoxy) is 1. The second kappa shape index (κ2) is 9.85. The minimum atomic E-state index is 0.301. The van der Waals surface area contributed by atoms with Crippen molar-refractivity contribution in [3.8, 4) is 11.8 Å². The number of nitriles is 1. The number of hydrogen-bond donors (Lipinski definition) is 2. The zero-order chi connectivity index (χ0) is 23.5. The zero-order valence-corrected chi connectivity index (χ0v) is 19.9. The van der Waals surface area contributed by atoms with Gasteiger partial charge in [0.05, 0.1) is 24.4 Å². The van der Waals surface area contributed by atoms with Crippen molar-refractivity contribution in [1.29, 1.82) is 5.26 Å². The van der Waals surface area contributed by atoms with Crippen LogP contribution in [0.2, 0.25) is 0 Å². The van der Waals surface area contributed by atoms with Gasteiger partial charge in [-0.1, -0.05) is 13.8 Å². The van der Waals surface area contributed by atoms with E-state index >= 15 is 0 Å². The van der Waals surface area contributed by atoms with E-state index in [-0.39, 0.29) is 0 Å². The number of hydrogen-bond acceptors (Lipinski definition) is 8. The lowest BCUT2D eigenvalue weighted by Gasteiger charge is -2.33. The van der Waals surface area contributed by atoms with E-state index in [9.17, 15) is 5.26 Å². The SMILES string of the molecule is CC(C)c1cnn2c3nc(nc12)N(CC1CNC1)CCCCCOc1ccc(C#N)cc1CN3. The van der Waals surface area contributed by atoms with Crippen molar-refractivity contribution in [3.63, 3.8) is 0 Å². The van der Waals surface area contributed by atoms with Crippen molar-refractivity contribution in [2.24, 2.45) is 5.92 Å². The lowest BCUT2D eigenvalue weighted by molar-refractivity contribution is 0.301. The maximum Gasteiger partial charge on any atom is 0.230 e. The van der Waals surface area contributed by atoms with Crippen molar-refractivity contribution >= 4 is 17.5 Å². The minimum absolute atomic E-state index is 0.301. The van der Waals surface area contributed by atoms with Crippen LogP contribution in [0.25, 0.3) is 5.65 Å². The Morgan fingerprint density at radius 1 is 1.21 bits per heavy atom. The molecule has 0 aliphatic carbocycles. The van der Waals surface area contributed by atoms with Gasteiger partial charge in [-0.3, -0.25) is 0 Å². The quantitative estimate of drug-likeness (QED) is 0.614. The summed E-state index contributed by atoms with van der Waals surface area (Å²) >= 11 is 0. The molecule has 0 saturated carbocycles. The lowest BCUT2D eigenvalue weighted by Crippen LogP contribution is -2.49. The molecule has 0 radical (unpaired) electrons. The molecule has 1 aromatic carbocycles. The summed E-state index contributed by atoms with van der Waals surface area (Å²) in [6, 6.07) is 7.81. The highest BCUT2D eigenvalue weighted by atomic mass is 16.5. The van der Waals surface area contributed by atoms with Crippen LogP contribution in [-0.4, -0.2) is 52.4 Å². The fourth-order valence-electron chi connectivity index (χ4n) is 4.47. The summed E-state index contributed by atoms with van der Waals surface area (Å²) in [4.78, 5) is 12.3. The first-order chi connectivity index (χ1) is 16.6. The van der Waals surface area contributed by atoms with E-state index in [4.69, 9.17) is 14.7 Å². The van der Waals surface area contributed by atoms with Gasteiger partial charge in [-0.05, 0) is 43.4 Å². The predicted octanol–water partition coefficient (Wildman–Crippen LogP) is 3.32. The first kappa shape index (κ1) is 22.4. The number of fused-ring (bicyclic) bond motifs is 5. The Balaban J connectivity index is 1.56. The minimum Gasteiger partial charge on any atom is -0.493 e. The normalized spacial score (nSPS) is 17.3. The number of benzene rings is 1. The van der Waals surface area contributed by atoms with E-state index < -0.39 is 0 Å². The molecule has 2 N–H and O–H groups in total.